The SMILES string of the molecule is CN(C(=O)CN1CCC[C@]2(CCCCO2)[C@@H]1C#N)c1nccs1. The summed E-state index contributed by atoms with van der Waals surface area (Å²) in [5.41, 5.74) is -0.384. The van der Waals surface area contributed by atoms with Gasteiger partial charge >= 0.3 is 0 Å². The molecule has 7 heteroatoms. The van der Waals surface area contributed by atoms with E-state index in [1.807, 2.05) is 10.3 Å². The molecule has 1 aromatic heterocycles. The number of amides is 1. The Hall–Kier alpha value is -1.49. The van der Waals surface area contributed by atoms with Gasteiger partial charge in [0.1, 0.15) is 6.04 Å². The number of nitrogens with zero attached hydrogens (tertiary/aromatic N) is 4. The Bertz CT molecular complexity index is 572. The van der Waals surface area contributed by atoms with Crippen LogP contribution in [-0.2, 0) is 9.53 Å². The highest BCUT2D eigenvalue weighted by atomic mass is 32.1. The van der Waals surface area contributed by atoms with Crippen LogP contribution in [-0.4, -0.2) is 54.2 Å². The monoisotopic (exact) mass is 334 g/mol. The number of carbonyl (C=O) groups excluding carboxylic acids is 1. The van der Waals surface area contributed by atoms with Crippen LogP contribution in [0.15, 0.2) is 11.6 Å². The zero-order chi connectivity index (χ0) is 16.3. The first-order chi connectivity index (χ1) is 11.2. The van der Waals surface area contributed by atoms with Crippen LogP contribution in [0.25, 0.3) is 0 Å². The van der Waals surface area contributed by atoms with E-state index in [9.17, 15) is 10.1 Å². The van der Waals surface area contributed by atoms with Crippen molar-refractivity contribution in [2.75, 3.05) is 31.6 Å². The lowest BCUT2D eigenvalue weighted by molar-refractivity contribution is -0.142. The molecule has 23 heavy (non-hydrogen) atoms. The molecule has 1 amide bonds. The van der Waals surface area contributed by atoms with Gasteiger partial charge in [-0.3, -0.25) is 14.6 Å². The summed E-state index contributed by atoms with van der Waals surface area (Å²) in [6.07, 6.45) is 6.64. The van der Waals surface area contributed by atoms with Crippen molar-refractivity contribution >= 4 is 22.4 Å². The fourth-order valence-corrected chi connectivity index (χ4v) is 4.23. The molecule has 2 saturated heterocycles. The van der Waals surface area contributed by atoms with Gasteiger partial charge < -0.3 is 4.74 Å². The summed E-state index contributed by atoms with van der Waals surface area (Å²) in [5.74, 6) is -0.0342. The largest absolute Gasteiger partial charge is 0.372 e. The van der Waals surface area contributed by atoms with Gasteiger partial charge in [-0.05, 0) is 32.1 Å². The highest BCUT2D eigenvalue weighted by molar-refractivity contribution is 7.13. The number of carbonyl (C=O) groups is 1. The average Bonchev–Trinajstić information content (AvgIpc) is 3.09. The standard InChI is InChI=1S/C16H22N4O2S/c1-19(15-18-7-10-23-15)14(21)12-20-8-4-6-16(13(20)11-17)5-2-3-9-22-16/h7,10,13H,2-6,8-9,12H2,1H3/t13-,16+/m0/s1. The molecule has 0 aromatic carbocycles. The number of likely N-dealkylation sites (tertiary alicyclic amines) is 1. The lowest BCUT2D eigenvalue weighted by atomic mass is 9.79. The van der Waals surface area contributed by atoms with Crippen LogP contribution >= 0.6 is 11.3 Å². The van der Waals surface area contributed by atoms with E-state index in [4.69, 9.17) is 4.74 Å². The summed E-state index contributed by atoms with van der Waals surface area (Å²) in [6.45, 7) is 1.72. The van der Waals surface area contributed by atoms with E-state index in [1.165, 1.54) is 11.3 Å². The van der Waals surface area contributed by atoms with Gasteiger partial charge in [-0.2, -0.15) is 5.26 Å². The molecule has 1 spiro atoms. The first-order valence-electron chi connectivity index (χ1n) is 8.10. The Morgan fingerprint density at radius 1 is 1.57 bits per heavy atom. The Labute approximate surface area is 140 Å². The number of ether oxygens (including phenoxy) is 1. The predicted molar refractivity (Wildman–Crippen MR) is 88.3 cm³/mol. The first kappa shape index (κ1) is 16.4. The summed E-state index contributed by atoms with van der Waals surface area (Å²) in [6, 6.07) is 2.07. The Balaban J connectivity index is 1.71. The molecule has 6 nitrogen and oxygen atoms in total. The molecule has 3 rings (SSSR count). The summed E-state index contributed by atoms with van der Waals surface area (Å²) in [5, 5.41) is 12.2. The van der Waals surface area contributed by atoms with Crippen LogP contribution in [0.1, 0.15) is 32.1 Å². The van der Waals surface area contributed by atoms with Gasteiger partial charge in [-0.1, -0.05) is 0 Å². The van der Waals surface area contributed by atoms with E-state index < -0.39 is 0 Å². The van der Waals surface area contributed by atoms with Gasteiger partial charge in [0.05, 0.1) is 18.2 Å². The topological polar surface area (TPSA) is 69.5 Å². The van der Waals surface area contributed by atoms with Crippen LogP contribution in [0.3, 0.4) is 0 Å². The second-order valence-corrected chi connectivity index (χ2v) is 7.12. The second kappa shape index (κ2) is 6.95. The Morgan fingerprint density at radius 2 is 2.39 bits per heavy atom. The fraction of sp³-hybridized carbons (Fsp3) is 0.688. The van der Waals surface area contributed by atoms with Gasteiger partial charge in [-0.25, -0.2) is 4.98 Å². The molecule has 2 atom stereocenters. The maximum atomic E-state index is 12.5. The molecule has 2 aliphatic heterocycles. The van der Waals surface area contributed by atoms with Gasteiger partial charge in [0.25, 0.3) is 0 Å². The van der Waals surface area contributed by atoms with Crippen LogP contribution in [0.4, 0.5) is 5.13 Å². The molecule has 0 radical (unpaired) electrons. The van der Waals surface area contributed by atoms with Crippen molar-refractivity contribution in [2.45, 2.75) is 43.7 Å². The van der Waals surface area contributed by atoms with Gasteiger partial charge in [0.15, 0.2) is 5.13 Å². The highest BCUT2D eigenvalue weighted by Gasteiger charge is 2.47. The van der Waals surface area contributed by atoms with E-state index in [0.29, 0.717) is 5.13 Å². The summed E-state index contributed by atoms with van der Waals surface area (Å²) in [4.78, 5) is 20.3. The normalized spacial score (nSPS) is 28.4. The van der Waals surface area contributed by atoms with Crippen molar-refractivity contribution in [3.63, 3.8) is 0 Å². The molecule has 2 fully saturated rings. The molecular formula is C16H22N4O2S. The number of nitriles is 1. The van der Waals surface area contributed by atoms with Gasteiger partial charge in [-0.15, -0.1) is 11.3 Å². The maximum absolute atomic E-state index is 12.5. The third kappa shape index (κ3) is 3.25. The molecule has 0 aliphatic carbocycles. The number of piperidine rings is 1. The predicted octanol–water partition coefficient (Wildman–Crippen LogP) is 2.03. The van der Waals surface area contributed by atoms with E-state index in [0.717, 1.165) is 45.3 Å². The van der Waals surface area contributed by atoms with E-state index >= 15 is 0 Å². The third-order valence-electron chi connectivity index (χ3n) is 4.83. The van der Waals surface area contributed by atoms with Crippen molar-refractivity contribution in [2.24, 2.45) is 0 Å². The molecule has 3 heterocycles. The van der Waals surface area contributed by atoms with Crippen molar-refractivity contribution in [1.29, 1.82) is 5.26 Å². The van der Waals surface area contributed by atoms with Crippen molar-refractivity contribution < 1.29 is 9.53 Å². The van der Waals surface area contributed by atoms with E-state index in [2.05, 4.69) is 11.1 Å². The lowest BCUT2D eigenvalue weighted by Crippen LogP contribution is -2.60. The smallest absolute Gasteiger partial charge is 0.242 e. The molecular weight excluding hydrogens is 312 g/mol. The van der Waals surface area contributed by atoms with Crippen LogP contribution < -0.4 is 4.90 Å². The second-order valence-electron chi connectivity index (χ2n) is 6.24. The third-order valence-corrected chi connectivity index (χ3v) is 5.68. The fourth-order valence-electron chi connectivity index (χ4n) is 3.60. The average molecular weight is 334 g/mol. The lowest BCUT2D eigenvalue weighted by Gasteiger charge is -2.48. The minimum Gasteiger partial charge on any atom is -0.372 e. The molecule has 0 unspecified atom stereocenters. The first-order valence-corrected chi connectivity index (χ1v) is 8.98. The Kier molecular flexibility index (Phi) is 4.95. The zero-order valence-electron chi connectivity index (χ0n) is 13.4. The number of anilines is 1. The van der Waals surface area contributed by atoms with E-state index in [1.54, 1.807) is 18.1 Å². The van der Waals surface area contributed by atoms with Crippen LogP contribution in [0.2, 0.25) is 0 Å². The van der Waals surface area contributed by atoms with Crippen molar-refractivity contribution in [3.8, 4) is 6.07 Å². The highest BCUT2D eigenvalue weighted by Crippen LogP contribution is 2.38. The number of rotatable bonds is 3. The van der Waals surface area contributed by atoms with Crippen LogP contribution in [0.5, 0.6) is 0 Å². The number of thiazole rings is 1. The minimum absolute atomic E-state index is 0.0342. The van der Waals surface area contributed by atoms with Gasteiger partial charge in [0, 0.05) is 31.8 Å². The quantitative estimate of drug-likeness (QED) is 0.846. The molecule has 1 aromatic rings. The maximum Gasteiger partial charge on any atom is 0.242 e. The molecule has 0 bridgehead atoms. The summed E-state index contributed by atoms with van der Waals surface area (Å²) >= 11 is 1.44. The van der Waals surface area contributed by atoms with Crippen LogP contribution in [0, 0.1) is 11.3 Å². The van der Waals surface area contributed by atoms with Crippen molar-refractivity contribution in [3.05, 3.63) is 11.6 Å². The number of hydrogen-bond acceptors (Lipinski definition) is 6. The van der Waals surface area contributed by atoms with Gasteiger partial charge in [0.2, 0.25) is 5.91 Å². The number of hydrogen-bond donors (Lipinski definition) is 0. The summed E-state index contributed by atoms with van der Waals surface area (Å²) in [7, 11) is 1.74. The molecule has 0 saturated carbocycles. The number of likely N-dealkylation sites (N-methyl/N-ethyl adjacent to an activating group) is 1. The number of aromatic nitrogens is 1. The Morgan fingerprint density at radius 3 is 3.04 bits per heavy atom. The zero-order valence-corrected chi connectivity index (χ0v) is 14.2. The molecule has 124 valence electrons. The van der Waals surface area contributed by atoms with Crippen molar-refractivity contribution in [1.82, 2.24) is 9.88 Å². The molecule has 2 aliphatic rings. The summed E-state index contributed by atoms with van der Waals surface area (Å²) < 4.78 is 6.06. The molecule has 0 N–H and O–H groups in total. The minimum atomic E-state index is -0.384. The van der Waals surface area contributed by atoms with E-state index in [-0.39, 0.29) is 24.1 Å².